The average molecular weight is 502 g/mol. The van der Waals surface area contributed by atoms with Crippen LogP contribution in [0, 0.1) is 11.3 Å². The number of carboxylic acid groups (broad SMARTS) is 1. The summed E-state index contributed by atoms with van der Waals surface area (Å²) >= 11 is 6.51. The number of hydrogen-bond acceptors (Lipinski definition) is 5. The first-order valence-corrected chi connectivity index (χ1v) is 11.9. The van der Waals surface area contributed by atoms with Gasteiger partial charge in [-0.25, -0.2) is 4.98 Å². The number of pyridine rings is 1. The van der Waals surface area contributed by atoms with E-state index < -0.39 is 5.97 Å². The molecule has 0 radical (unpaired) electrons. The topological polar surface area (TPSA) is 104 Å². The Hall–Kier alpha value is -4.15. The van der Waals surface area contributed by atoms with Crippen molar-refractivity contribution in [1.29, 1.82) is 5.26 Å². The van der Waals surface area contributed by atoms with E-state index in [4.69, 9.17) is 26.4 Å². The molecular weight excluding hydrogens is 478 g/mol. The van der Waals surface area contributed by atoms with Gasteiger partial charge in [-0.3, -0.25) is 9.59 Å². The molecule has 0 spiro atoms. The van der Waals surface area contributed by atoms with Crippen molar-refractivity contribution in [2.75, 3.05) is 18.6 Å². The molecule has 182 valence electrons. The number of halogens is 1. The van der Waals surface area contributed by atoms with Gasteiger partial charge in [-0.15, -0.1) is 0 Å². The van der Waals surface area contributed by atoms with Crippen molar-refractivity contribution in [1.82, 2.24) is 4.98 Å². The zero-order valence-electron chi connectivity index (χ0n) is 19.7. The number of carboxylic acids is 1. The van der Waals surface area contributed by atoms with E-state index in [-0.39, 0.29) is 18.9 Å². The summed E-state index contributed by atoms with van der Waals surface area (Å²) in [5.41, 5.74) is 4.08. The van der Waals surface area contributed by atoms with E-state index in [1.54, 1.807) is 49.5 Å². The number of amides is 1. The lowest BCUT2D eigenvalue weighted by Gasteiger charge is -2.21. The highest BCUT2D eigenvalue weighted by molar-refractivity contribution is 6.33. The van der Waals surface area contributed by atoms with Crippen LogP contribution in [0.3, 0.4) is 0 Å². The van der Waals surface area contributed by atoms with Gasteiger partial charge >= 0.3 is 5.97 Å². The Morgan fingerprint density at radius 1 is 1.22 bits per heavy atom. The third-order valence-corrected chi connectivity index (χ3v) is 6.23. The molecule has 7 nitrogen and oxygen atoms in total. The number of benzene rings is 2. The van der Waals surface area contributed by atoms with Gasteiger partial charge in [0, 0.05) is 24.6 Å². The molecule has 4 rings (SSSR count). The van der Waals surface area contributed by atoms with Gasteiger partial charge in [0.2, 0.25) is 0 Å². The van der Waals surface area contributed by atoms with Crippen molar-refractivity contribution < 1.29 is 19.4 Å². The number of fused-ring (bicyclic) bond motifs is 1. The van der Waals surface area contributed by atoms with E-state index >= 15 is 0 Å². The van der Waals surface area contributed by atoms with E-state index in [1.807, 2.05) is 18.2 Å². The smallest absolute Gasteiger partial charge is 0.303 e. The minimum Gasteiger partial charge on any atom is -0.491 e. The molecule has 0 aliphatic heterocycles. The summed E-state index contributed by atoms with van der Waals surface area (Å²) in [6.45, 7) is 0.214. The van der Waals surface area contributed by atoms with Crippen molar-refractivity contribution in [3.63, 3.8) is 0 Å². The average Bonchev–Trinajstić information content (AvgIpc) is 2.90. The lowest BCUT2D eigenvalue weighted by atomic mass is 9.96. The maximum absolute atomic E-state index is 13.5. The van der Waals surface area contributed by atoms with Gasteiger partial charge in [-0.1, -0.05) is 29.8 Å². The molecule has 0 atom stereocenters. The van der Waals surface area contributed by atoms with Crippen LogP contribution in [0.4, 0.5) is 5.69 Å². The summed E-state index contributed by atoms with van der Waals surface area (Å²) in [7, 11) is 1.64. The van der Waals surface area contributed by atoms with Crippen LogP contribution in [0.25, 0.3) is 17.3 Å². The van der Waals surface area contributed by atoms with Crippen LogP contribution in [0.5, 0.6) is 5.75 Å². The molecule has 3 aromatic rings. The molecule has 2 aromatic carbocycles. The van der Waals surface area contributed by atoms with Crippen LogP contribution < -0.4 is 9.64 Å². The number of carbonyl (C=O) groups excluding carboxylic acids is 1. The van der Waals surface area contributed by atoms with Crippen LogP contribution >= 0.6 is 11.6 Å². The number of hydrogen-bond donors (Lipinski definition) is 1. The molecule has 1 aromatic heterocycles. The Morgan fingerprint density at radius 2 is 2.03 bits per heavy atom. The third kappa shape index (κ3) is 5.40. The van der Waals surface area contributed by atoms with Crippen molar-refractivity contribution in [2.45, 2.75) is 25.7 Å². The van der Waals surface area contributed by atoms with Gasteiger partial charge in [-0.2, -0.15) is 5.26 Å². The normalized spacial score (nSPS) is 11.9. The zero-order valence-corrected chi connectivity index (χ0v) is 20.5. The van der Waals surface area contributed by atoms with Crippen molar-refractivity contribution >= 4 is 35.2 Å². The molecular formula is C28H24ClN3O4. The van der Waals surface area contributed by atoms with Crippen molar-refractivity contribution in [3.8, 4) is 23.1 Å². The fraction of sp³-hybridized carbons (Fsp3) is 0.214. The largest absolute Gasteiger partial charge is 0.491 e. The molecule has 1 N–H and O–H groups in total. The summed E-state index contributed by atoms with van der Waals surface area (Å²) in [5, 5.41) is 19.0. The quantitative estimate of drug-likeness (QED) is 0.394. The van der Waals surface area contributed by atoms with Crippen LogP contribution in [-0.2, 0) is 11.2 Å². The maximum Gasteiger partial charge on any atom is 0.303 e. The van der Waals surface area contributed by atoms with E-state index in [0.717, 1.165) is 24.1 Å². The fourth-order valence-electron chi connectivity index (χ4n) is 4.04. The Balaban J connectivity index is 1.64. The number of carbonyl (C=O) groups is 2. The summed E-state index contributed by atoms with van der Waals surface area (Å²) in [6.07, 6.45) is 6.06. The molecule has 1 aliphatic rings. The summed E-state index contributed by atoms with van der Waals surface area (Å²) in [5.74, 6) is -0.713. The van der Waals surface area contributed by atoms with Gasteiger partial charge in [0.15, 0.2) is 0 Å². The summed E-state index contributed by atoms with van der Waals surface area (Å²) in [6, 6.07) is 16.0. The third-order valence-electron chi connectivity index (χ3n) is 5.90. The van der Waals surface area contributed by atoms with Gasteiger partial charge in [0.05, 0.1) is 34.3 Å². The minimum absolute atomic E-state index is 0.00168. The molecule has 0 unspecified atom stereocenters. The van der Waals surface area contributed by atoms with Crippen LogP contribution in [0.1, 0.15) is 46.4 Å². The number of aryl methyl sites for hydroxylation is 1. The second-order valence-electron chi connectivity index (χ2n) is 8.35. The summed E-state index contributed by atoms with van der Waals surface area (Å²) < 4.78 is 5.76. The number of rotatable bonds is 8. The van der Waals surface area contributed by atoms with Gasteiger partial charge < -0.3 is 14.7 Å². The van der Waals surface area contributed by atoms with Crippen molar-refractivity contribution in [3.05, 3.63) is 82.0 Å². The van der Waals surface area contributed by atoms with E-state index in [9.17, 15) is 14.9 Å². The molecule has 0 bridgehead atoms. The Morgan fingerprint density at radius 3 is 2.81 bits per heavy atom. The van der Waals surface area contributed by atoms with Crippen LogP contribution in [0.2, 0.25) is 5.02 Å². The second-order valence-corrected chi connectivity index (χ2v) is 8.76. The number of nitrogens with zero attached hydrogens (tertiary/aromatic N) is 3. The van der Waals surface area contributed by atoms with E-state index in [0.29, 0.717) is 45.3 Å². The predicted molar refractivity (Wildman–Crippen MR) is 138 cm³/mol. The number of nitriles is 1. The molecule has 1 heterocycles. The minimum atomic E-state index is -0.887. The summed E-state index contributed by atoms with van der Waals surface area (Å²) in [4.78, 5) is 30.4. The second kappa shape index (κ2) is 11.1. The predicted octanol–water partition coefficient (Wildman–Crippen LogP) is 5.75. The van der Waals surface area contributed by atoms with Gasteiger partial charge in [-0.05, 0) is 67.3 Å². The van der Waals surface area contributed by atoms with Gasteiger partial charge in [0.1, 0.15) is 11.8 Å². The maximum atomic E-state index is 13.5. The first kappa shape index (κ1) is 25.0. The molecule has 1 amide bonds. The monoisotopic (exact) mass is 501 g/mol. The molecule has 0 saturated carbocycles. The standard InChI is InChI=1S/C28H24ClN3O4/c1-32(24-9-4-5-10-25(24)36-14-6-11-26(33)34)28(35)19-12-13-22(29)21(16-19)27-20(17-30)15-18-7-2-3-8-23(18)31-27/h3-5,8-10,12-13,15-16H,2,6-7,11,14H2,1H3,(H,33,34). The number of anilines is 1. The van der Waals surface area contributed by atoms with Crippen molar-refractivity contribution in [2.24, 2.45) is 0 Å². The number of aliphatic carboxylic acids is 1. The van der Waals surface area contributed by atoms with Gasteiger partial charge in [0.25, 0.3) is 5.91 Å². The molecule has 0 saturated heterocycles. The molecule has 36 heavy (non-hydrogen) atoms. The first-order chi connectivity index (χ1) is 17.4. The zero-order chi connectivity index (χ0) is 25.7. The number of allylic oxidation sites excluding steroid dienone is 1. The lowest BCUT2D eigenvalue weighted by Crippen LogP contribution is -2.26. The highest BCUT2D eigenvalue weighted by atomic mass is 35.5. The molecule has 8 heteroatoms. The highest BCUT2D eigenvalue weighted by Crippen LogP contribution is 2.34. The Labute approximate surface area is 214 Å². The number of aromatic nitrogens is 1. The Kier molecular flexibility index (Phi) is 7.67. The molecule has 0 fully saturated rings. The first-order valence-electron chi connectivity index (χ1n) is 11.5. The van der Waals surface area contributed by atoms with Crippen LogP contribution in [-0.4, -0.2) is 35.6 Å². The number of para-hydroxylation sites is 2. The van der Waals surface area contributed by atoms with E-state index in [2.05, 4.69) is 6.07 Å². The SMILES string of the molecule is CN(C(=O)c1ccc(Cl)c(-c2nc3c(cc2C#N)CCC=C3)c1)c1ccccc1OCCCC(=O)O. The Bertz CT molecular complexity index is 1390. The molecule has 1 aliphatic carbocycles. The lowest BCUT2D eigenvalue weighted by molar-refractivity contribution is -0.137. The highest BCUT2D eigenvalue weighted by Gasteiger charge is 2.21. The van der Waals surface area contributed by atoms with E-state index in [1.165, 1.54) is 4.90 Å². The number of ether oxygens (including phenoxy) is 1. The van der Waals surface area contributed by atoms with Crippen LogP contribution in [0.15, 0.2) is 54.6 Å². The fourth-order valence-corrected chi connectivity index (χ4v) is 4.25.